The van der Waals surface area contributed by atoms with Gasteiger partial charge in [-0.3, -0.25) is 0 Å². The summed E-state index contributed by atoms with van der Waals surface area (Å²) in [6.45, 7) is 3.08. The van der Waals surface area contributed by atoms with Crippen molar-refractivity contribution in [2.45, 2.75) is 116 Å². The Morgan fingerprint density at radius 3 is 1.32 bits per heavy atom. The quantitative estimate of drug-likeness (QED) is 0.0877. The van der Waals surface area contributed by atoms with Gasteiger partial charge in [-0.2, -0.15) is 0 Å². The van der Waals surface area contributed by atoms with Crippen LogP contribution in [0.2, 0.25) is 5.02 Å². The monoisotopic (exact) mass is 620 g/mol. The molecule has 0 aliphatic rings. The highest BCUT2D eigenvalue weighted by Gasteiger charge is 2.06. The maximum atomic E-state index is 11.8. The summed E-state index contributed by atoms with van der Waals surface area (Å²) in [5.41, 5.74) is 2.12. The van der Waals surface area contributed by atoms with Gasteiger partial charge in [0.1, 0.15) is 6.61 Å². The maximum absolute atomic E-state index is 11.8. The summed E-state index contributed by atoms with van der Waals surface area (Å²) in [4.78, 5) is 23.4. The van der Waals surface area contributed by atoms with Crippen molar-refractivity contribution >= 4 is 23.5 Å². The van der Waals surface area contributed by atoms with Gasteiger partial charge in [-0.1, -0.05) is 163 Å². The van der Waals surface area contributed by atoms with E-state index in [2.05, 4.69) is 6.92 Å². The van der Waals surface area contributed by atoms with Gasteiger partial charge in [-0.15, -0.1) is 0 Å². The number of ether oxygens (including phenoxy) is 2. The van der Waals surface area contributed by atoms with Crippen molar-refractivity contribution < 1.29 is 19.1 Å². The molecule has 0 atom stereocenters. The average Bonchev–Trinajstić information content (AvgIpc) is 3.06. The summed E-state index contributed by atoms with van der Waals surface area (Å²) < 4.78 is 10.5. The fraction of sp³-hybridized carbons (Fsp3) is 0.487. The van der Waals surface area contributed by atoms with Crippen molar-refractivity contribution in [3.05, 3.63) is 107 Å². The number of unbranched alkanes of at least 4 members (excludes halogenated alkanes) is 15. The Bertz CT molecular complexity index is 1120. The third-order valence-electron chi connectivity index (χ3n) is 7.53. The molecule has 0 saturated heterocycles. The lowest BCUT2D eigenvalue weighted by molar-refractivity contribution is 0.0470. The van der Waals surface area contributed by atoms with Crippen molar-refractivity contribution in [3.8, 4) is 0 Å². The van der Waals surface area contributed by atoms with Gasteiger partial charge in [0.15, 0.2) is 0 Å². The minimum Gasteiger partial charge on any atom is -0.462 e. The van der Waals surface area contributed by atoms with Crippen LogP contribution in [-0.4, -0.2) is 18.5 Å². The Hall–Kier alpha value is -3.11. The normalized spacial score (nSPS) is 10.5. The molecule has 0 amide bonds. The fourth-order valence-electron chi connectivity index (χ4n) is 4.86. The third kappa shape index (κ3) is 18.5. The minimum atomic E-state index is -0.319. The van der Waals surface area contributed by atoms with Crippen LogP contribution < -0.4 is 0 Å². The molecule has 0 aliphatic heterocycles. The lowest BCUT2D eigenvalue weighted by atomic mass is 10.0. The number of rotatable bonds is 21. The van der Waals surface area contributed by atoms with Crippen molar-refractivity contribution in [3.63, 3.8) is 0 Å². The number of hydrogen-bond acceptors (Lipinski definition) is 4. The number of esters is 2. The van der Waals surface area contributed by atoms with Crippen LogP contribution in [0.4, 0.5) is 0 Å². The summed E-state index contributed by atoms with van der Waals surface area (Å²) in [5, 5.41) is 0.670. The number of hydrogen-bond donors (Lipinski definition) is 0. The lowest BCUT2D eigenvalue weighted by Gasteiger charge is -2.05. The molecule has 5 heteroatoms. The van der Waals surface area contributed by atoms with Gasteiger partial charge < -0.3 is 9.47 Å². The van der Waals surface area contributed by atoms with E-state index in [1.165, 1.54) is 96.3 Å². The molecule has 240 valence electrons. The second kappa shape index (κ2) is 25.2. The summed E-state index contributed by atoms with van der Waals surface area (Å²) in [7, 11) is 0. The zero-order valence-corrected chi connectivity index (χ0v) is 27.6. The highest BCUT2D eigenvalue weighted by atomic mass is 35.5. The highest BCUT2D eigenvalue weighted by molar-refractivity contribution is 6.30. The van der Waals surface area contributed by atoms with E-state index in [4.69, 9.17) is 21.1 Å². The molecule has 0 N–H and O–H groups in total. The van der Waals surface area contributed by atoms with Crippen LogP contribution in [0.25, 0.3) is 0 Å². The molecule has 0 bridgehead atoms. The van der Waals surface area contributed by atoms with Gasteiger partial charge in [0.2, 0.25) is 0 Å². The first kappa shape index (κ1) is 37.1. The molecule has 0 radical (unpaired) electrons. The molecule has 0 unspecified atom stereocenters. The molecule has 44 heavy (non-hydrogen) atoms. The van der Waals surface area contributed by atoms with E-state index >= 15 is 0 Å². The number of carbonyl (C=O) groups is 2. The molecule has 0 aromatic heterocycles. The molecule has 3 aromatic rings. The van der Waals surface area contributed by atoms with Crippen molar-refractivity contribution in [2.75, 3.05) is 6.61 Å². The van der Waals surface area contributed by atoms with Crippen LogP contribution in [0.3, 0.4) is 0 Å². The molecule has 3 rings (SSSR count). The zero-order valence-electron chi connectivity index (χ0n) is 26.8. The molecule has 4 nitrogen and oxygen atoms in total. The first-order chi connectivity index (χ1) is 21.6. The van der Waals surface area contributed by atoms with E-state index in [9.17, 15) is 9.59 Å². The van der Waals surface area contributed by atoms with Crippen LogP contribution in [-0.2, 0) is 16.1 Å². The fourth-order valence-corrected chi connectivity index (χ4v) is 4.99. The number of benzene rings is 3. The van der Waals surface area contributed by atoms with Gasteiger partial charge in [-0.05, 0) is 48.4 Å². The molecular formula is C39H53ClO4. The van der Waals surface area contributed by atoms with Crippen LogP contribution in [0, 0.1) is 0 Å². The van der Waals surface area contributed by atoms with E-state index in [-0.39, 0.29) is 18.5 Å². The van der Waals surface area contributed by atoms with Crippen LogP contribution >= 0.6 is 11.6 Å². The Morgan fingerprint density at radius 2 is 0.886 bits per heavy atom. The molecule has 0 fully saturated rings. The SMILES string of the molecule is CCCCCCCCCCCCCCCCCCOC(=O)c1ccccc1.O=C(OCc1ccc(Cl)cc1)c1ccccc1. The summed E-state index contributed by atoms with van der Waals surface area (Å²) in [5.74, 6) is -0.517. The minimum absolute atomic E-state index is 0.198. The van der Waals surface area contributed by atoms with Gasteiger partial charge in [0.25, 0.3) is 0 Å². The second-order valence-corrected chi connectivity index (χ2v) is 11.8. The molecule has 0 saturated carbocycles. The number of halogens is 1. The number of carbonyl (C=O) groups excluding carboxylic acids is 2. The second-order valence-electron chi connectivity index (χ2n) is 11.4. The van der Waals surface area contributed by atoms with Crippen LogP contribution in [0.5, 0.6) is 0 Å². The summed E-state index contributed by atoms with van der Waals surface area (Å²) in [6, 6.07) is 25.4. The highest BCUT2D eigenvalue weighted by Crippen LogP contribution is 2.14. The standard InChI is InChI=1S/C25H42O2.C14H11ClO2/c1-2-3-4-5-6-7-8-9-10-11-12-13-14-15-16-20-23-27-25(26)24-21-18-17-19-22-24;15-13-8-6-11(7-9-13)10-17-14(16)12-4-2-1-3-5-12/h17-19,21-22H,2-16,20,23H2,1H3;1-9H,10H2. The van der Waals surface area contributed by atoms with E-state index in [0.29, 0.717) is 22.8 Å². The molecule has 0 aliphatic carbocycles. The Morgan fingerprint density at radius 1 is 0.500 bits per heavy atom. The van der Waals surface area contributed by atoms with Crippen molar-refractivity contribution in [1.29, 1.82) is 0 Å². The predicted molar refractivity (Wildman–Crippen MR) is 183 cm³/mol. The van der Waals surface area contributed by atoms with E-state index in [1.54, 1.807) is 48.5 Å². The first-order valence-corrected chi connectivity index (χ1v) is 17.2. The third-order valence-corrected chi connectivity index (χ3v) is 7.79. The summed E-state index contributed by atoms with van der Waals surface area (Å²) >= 11 is 5.76. The predicted octanol–water partition coefficient (Wildman–Crippen LogP) is 11.8. The van der Waals surface area contributed by atoms with Gasteiger partial charge in [0, 0.05) is 5.02 Å². The molecule has 0 heterocycles. The van der Waals surface area contributed by atoms with E-state index < -0.39 is 0 Å². The maximum Gasteiger partial charge on any atom is 0.338 e. The molecular weight excluding hydrogens is 568 g/mol. The zero-order chi connectivity index (χ0) is 31.5. The molecule has 0 spiro atoms. The van der Waals surface area contributed by atoms with Gasteiger partial charge >= 0.3 is 11.9 Å². The van der Waals surface area contributed by atoms with Crippen molar-refractivity contribution in [2.24, 2.45) is 0 Å². The van der Waals surface area contributed by atoms with Crippen molar-refractivity contribution in [1.82, 2.24) is 0 Å². The van der Waals surface area contributed by atoms with Crippen LogP contribution in [0.1, 0.15) is 136 Å². The Balaban J connectivity index is 0.000000338. The topological polar surface area (TPSA) is 52.6 Å². The first-order valence-electron chi connectivity index (χ1n) is 16.8. The van der Waals surface area contributed by atoms with Crippen LogP contribution in [0.15, 0.2) is 84.9 Å². The lowest BCUT2D eigenvalue weighted by Crippen LogP contribution is -2.06. The Labute approximate surface area is 271 Å². The van der Waals surface area contributed by atoms with E-state index in [0.717, 1.165) is 12.0 Å². The smallest absolute Gasteiger partial charge is 0.338 e. The van der Waals surface area contributed by atoms with E-state index in [1.807, 2.05) is 36.4 Å². The Kier molecular flexibility index (Phi) is 21.3. The largest absolute Gasteiger partial charge is 0.462 e. The summed E-state index contributed by atoms with van der Waals surface area (Å²) in [6.07, 6.45) is 21.7. The molecule has 3 aromatic carbocycles. The average molecular weight is 621 g/mol. The van der Waals surface area contributed by atoms with Gasteiger partial charge in [0.05, 0.1) is 17.7 Å². The van der Waals surface area contributed by atoms with Gasteiger partial charge in [-0.25, -0.2) is 9.59 Å².